The highest BCUT2D eigenvalue weighted by molar-refractivity contribution is 7.15. The molecular weight excluding hydrogens is 536 g/mol. The summed E-state index contributed by atoms with van der Waals surface area (Å²) in [6.45, 7) is -0.582. The molecule has 0 aliphatic heterocycles. The van der Waals surface area contributed by atoms with Crippen molar-refractivity contribution in [1.29, 1.82) is 0 Å². The Morgan fingerprint density at radius 3 is 1.44 bits per heavy atom. The second-order valence-electron chi connectivity index (χ2n) is 8.83. The van der Waals surface area contributed by atoms with E-state index < -0.39 is 11.8 Å². The van der Waals surface area contributed by atoms with Crippen LogP contribution in [-0.2, 0) is 22.4 Å². The van der Waals surface area contributed by atoms with E-state index in [4.69, 9.17) is 0 Å². The highest BCUT2D eigenvalue weighted by Crippen LogP contribution is 2.23. The molecule has 2 heterocycles. The molecule has 0 aliphatic carbocycles. The SMILES string of the molecule is O=C(Nc1nnc(CCCCCc2nnc(NC(=O)C(CO)c3ccccc3)s2)s1)C(CO)c1ccccc1. The Morgan fingerprint density at radius 1 is 0.641 bits per heavy atom. The monoisotopic (exact) mass is 566 g/mol. The van der Waals surface area contributed by atoms with Gasteiger partial charge in [-0.15, -0.1) is 20.4 Å². The molecule has 0 fully saturated rings. The summed E-state index contributed by atoms with van der Waals surface area (Å²) in [5.74, 6) is -1.95. The van der Waals surface area contributed by atoms with Gasteiger partial charge in [0.2, 0.25) is 22.1 Å². The Morgan fingerprint density at radius 2 is 1.05 bits per heavy atom. The van der Waals surface area contributed by atoms with Gasteiger partial charge in [0.15, 0.2) is 0 Å². The Kier molecular flexibility index (Phi) is 10.6. The molecule has 204 valence electrons. The lowest BCUT2D eigenvalue weighted by Gasteiger charge is -2.13. The highest BCUT2D eigenvalue weighted by atomic mass is 32.1. The van der Waals surface area contributed by atoms with Crippen molar-refractivity contribution in [2.45, 2.75) is 43.9 Å². The fourth-order valence-electron chi connectivity index (χ4n) is 3.97. The number of aromatic nitrogens is 4. The summed E-state index contributed by atoms with van der Waals surface area (Å²) in [4.78, 5) is 25.2. The van der Waals surface area contributed by atoms with Crippen LogP contribution in [0, 0.1) is 0 Å². The molecule has 2 atom stereocenters. The minimum atomic E-state index is -0.660. The average molecular weight is 567 g/mol. The Bertz CT molecular complexity index is 1230. The molecular formula is C27H30N6O4S2. The lowest BCUT2D eigenvalue weighted by Crippen LogP contribution is -2.23. The van der Waals surface area contributed by atoms with Crippen molar-refractivity contribution in [3.8, 4) is 0 Å². The number of amides is 2. The van der Waals surface area contributed by atoms with Gasteiger partial charge in [0, 0.05) is 12.8 Å². The molecule has 0 saturated carbocycles. The molecule has 2 aromatic heterocycles. The van der Waals surface area contributed by atoms with Gasteiger partial charge in [0.1, 0.15) is 10.0 Å². The lowest BCUT2D eigenvalue weighted by atomic mass is 9.99. The number of carbonyl (C=O) groups excluding carboxylic acids is 2. The van der Waals surface area contributed by atoms with E-state index in [2.05, 4.69) is 31.0 Å². The molecule has 4 rings (SSSR count). The van der Waals surface area contributed by atoms with Crippen LogP contribution in [0.25, 0.3) is 0 Å². The highest BCUT2D eigenvalue weighted by Gasteiger charge is 2.22. The summed E-state index contributed by atoms with van der Waals surface area (Å²) >= 11 is 2.67. The minimum absolute atomic E-state index is 0.291. The second-order valence-corrected chi connectivity index (χ2v) is 11.0. The van der Waals surface area contributed by atoms with E-state index in [0.717, 1.165) is 53.2 Å². The van der Waals surface area contributed by atoms with Crippen molar-refractivity contribution in [2.24, 2.45) is 0 Å². The fraction of sp³-hybridized carbons (Fsp3) is 0.333. The lowest BCUT2D eigenvalue weighted by molar-refractivity contribution is -0.119. The summed E-state index contributed by atoms with van der Waals surface area (Å²) in [6.07, 6.45) is 4.25. The maximum absolute atomic E-state index is 12.6. The van der Waals surface area contributed by atoms with Crippen LogP contribution in [0.2, 0.25) is 0 Å². The van der Waals surface area contributed by atoms with Crippen LogP contribution in [0.15, 0.2) is 60.7 Å². The first-order valence-electron chi connectivity index (χ1n) is 12.7. The van der Waals surface area contributed by atoms with Gasteiger partial charge in [-0.3, -0.25) is 20.2 Å². The van der Waals surface area contributed by atoms with Crippen LogP contribution >= 0.6 is 22.7 Å². The number of aliphatic hydroxyl groups excluding tert-OH is 2. The number of aryl methyl sites for hydroxylation is 2. The van der Waals surface area contributed by atoms with Gasteiger partial charge in [-0.05, 0) is 24.0 Å². The standard InChI is InChI=1S/C27H30N6O4S2/c34-16-20(18-10-4-1-5-11-18)24(36)28-26-32-30-22(38-26)14-8-3-9-15-23-31-33-27(39-23)29-25(37)21(17-35)19-12-6-2-7-13-19/h1-2,4-7,10-13,20-21,34-35H,3,8-9,14-17H2,(H,28,32,36)(H,29,33,37). The quantitative estimate of drug-likeness (QED) is 0.169. The van der Waals surface area contributed by atoms with E-state index in [1.165, 1.54) is 22.7 Å². The first-order valence-corrected chi connectivity index (χ1v) is 14.3. The summed E-state index contributed by atoms with van der Waals surface area (Å²) in [5, 5.41) is 43.8. The summed E-state index contributed by atoms with van der Waals surface area (Å²) in [5.41, 5.74) is 1.49. The van der Waals surface area contributed by atoms with Gasteiger partial charge in [-0.25, -0.2) is 0 Å². The molecule has 39 heavy (non-hydrogen) atoms. The minimum Gasteiger partial charge on any atom is -0.395 e. The first kappa shape index (κ1) is 28.4. The van der Waals surface area contributed by atoms with Crippen LogP contribution < -0.4 is 10.6 Å². The third kappa shape index (κ3) is 8.20. The first-order chi connectivity index (χ1) is 19.1. The number of nitrogens with one attached hydrogen (secondary N) is 2. The summed E-state index contributed by atoms with van der Waals surface area (Å²) < 4.78 is 0. The number of unbranched alkanes of at least 4 members (excludes halogenated alkanes) is 2. The van der Waals surface area contributed by atoms with Crippen molar-refractivity contribution in [3.05, 3.63) is 81.8 Å². The molecule has 0 saturated heterocycles. The molecule has 2 aromatic carbocycles. The van der Waals surface area contributed by atoms with Crippen LogP contribution in [0.3, 0.4) is 0 Å². The van der Waals surface area contributed by atoms with Gasteiger partial charge >= 0.3 is 0 Å². The van der Waals surface area contributed by atoms with Gasteiger partial charge in [0.05, 0.1) is 25.0 Å². The number of hydrogen-bond acceptors (Lipinski definition) is 10. The Balaban J connectivity index is 1.17. The van der Waals surface area contributed by atoms with E-state index in [-0.39, 0.29) is 25.0 Å². The zero-order valence-corrected chi connectivity index (χ0v) is 22.8. The van der Waals surface area contributed by atoms with E-state index in [1.807, 2.05) is 60.7 Å². The summed E-state index contributed by atoms with van der Waals surface area (Å²) in [6, 6.07) is 18.3. The van der Waals surface area contributed by atoms with Crippen molar-refractivity contribution in [1.82, 2.24) is 20.4 Å². The van der Waals surface area contributed by atoms with E-state index in [1.54, 1.807) is 0 Å². The van der Waals surface area contributed by atoms with Gasteiger partial charge in [-0.1, -0.05) is 89.8 Å². The van der Waals surface area contributed by atoms with Crippen LogP contribution in [0.5, 0.6) is 0 Å². The number of hydrogen-bond donors (Lipinski definition) is 4. The topological polar surface area (TPSA) is 150 Å². The molecule has 0 radical (unpaired) electrons. The second kappa shape index (κ2) is 14.5. The normalized spacial score (nSPS) is 12.6. The summed E-state index contributed by atoms with van der Waals surface area (Å²) in [7, 11) is 0. The van der Waals surface area contributed by atoms with Crippen molar-refractivity contribution in [2.75, 3.05) is 23.8 Å². The zero-order valence-electron chi connectivity index (χ0n) is 21.2. The third-order valence-corrected chi connectivity index (χ3v) is 7.87. The molecule has 4 N–H and O–H groups in total. The molecule has 4 aromatic rings. The Hall–Kier alpha value is -3.58. The average Bonchev–Trinajstić information content (AvgIpc) is 3.59. The van der Waals surface area contributed by atoms with Gasteiger partial charge in [-0.2, -0.15) is 0 Å². The molecule has 0 bridgehead atoms. The number of nitrogens with zero attached hydrogens (tertiary/aromatic N) is 4. The molecule has 2 amide bonds. The molecule has 0 aliphatic rings. The maximum atomic E-state index is 12.6. The zero-order chi connectivity index (χ0) is 27.5. The predicted molar refractivity (Wildman–Crippen MR) is 151 cm³/mol. The molecule has 10 nitrogen and oxygen atoms in total. The van der Waals surface area contributed by atoms with Gasteiger partial charge in [0.25, 0.3) is 0 Å². The number of rotatable bonds is 14. The van der Waals surface area contributed by atoms with E-state index in [0.29, 0.717) is 10.3 Å². The number of benzene rings is 2. The molecule has 12 heteroatoms. The van der Waals surface area contributed by atoms with Crippen LogP contribution in [0.1, 0.15) is 52.2 Å². The largest absolute Gasteiger partial charge is 0.395 e. The van der Waals surface area contributed by atoms with E-state index in [9.17, 15) is 19.8 Å². The van der Waals surface area contributed by atoms with Crippen molar-refractivity contribution in [3.63, 3.8) is 0 Å². The molecule has 0 spiro atoms. The van der Waals surface area contributed by atoms with Crippen molar-refractivity contribution < 1.29 is 19.8 Å². The van der Waals surface area contributed by atoms with Gasteiger partial charge < -0.3 is 10.2 Å². The van der Waals surface area contributed by atoms with E-state index >= 15 is 0 Å². The number of carbonyl (C=O) groups is 2. The van der Waals surface area contributed by atoms with Crippen LogP contribution in [0.4, 0.5) is 10.3 Å². The third-order valence-electron chi connectivity index (χ3n) is 6.08. The predicted octanol–water partition coefficient (Wildman–Crippen LogP) is 3.77. The number of anilines is 2. The molecule has 2 unspecified atom stereocenters. The number of aliphatic hydroxyl groups is 2. The maximum Gasteiger partial charge on any atom is 0.236 e. The Labute approximate surface area is 234 Å². The smallest absolute Gasteiger partial charge is 0.236 e. The van der Waals surface area contributed by atoms with Crippen LogP contribution in [-0.4, -0.2) is 55.6 Å². The fourth-order valence-corrected chi connectivity index (χ4v) is 5.54. The van der Waals surface area contributed by atoms with Crippen molar-refractivity contribution >= 4 is 44.8 Å².